The molecule has 4 aromatic carbocycles. The lowest BCUT2D eigenvalue weighted by molar-refractivity contribution is 0.0544. The van der Waals surface area contributed by atoms with Crippen LogP contribution in [0.2, 0.25) is 0 Å². The molecule has 10 heteroatoms. The van der Waals surface area contributed by atoms with Gasteiger partial charge in [-0.2, -0.15) is 0 Å². The highest BCUT2D eigenvalue weighted by atomic mass is 16.5. The monoisotopic (exact) mass is 598 g/mol. The molecule has 0 N–H and O–H groups in total. The predicted octanol–water partition coefficient (Wildman–Crippen LogP) is 6.54. The fraction of sp³-hybridized carbons (Fsp3) is 0.294. The highest BCUT2D eigenvalue weighted by molar-refractivity contribution is 6.12. The zero-order valence-corrected chi connectivity index (χ0v) is 24.7. The third-order valence-corrected chi connectivity index (χ3v) is 6.96. The van der Waals surface area contributed by atoms with Crippen molar-refractivity contribution in [3.8, 4) is 34.4 Å². The zero-order valence-electron chi connectivity index (χ0n) is 24.7. The van der Waals surface area contributed by atoms with E-state index in [0.29, 0.717) is 75.8 Å². The summed E-state index contributed by atoms with van der Waals surface area (Å²) >= 11 is 0. The number of methoxy groups -OCH3 is 2. The maximum absolute atomic E-state index is 6.28. The van der Waals surface area contributed by atoms with Crippen molar-refractivity contribution < 1.29 is 37.3 Å². The quantitative estimate of drug-likeness (QED) is 0.114. The smallest absolute Gasteiger partial charge is 0.227 e. The van der Waals surface area contributed by atoms with E-state index in [1.54, 1.807) is 14.2 Å². The molecular formula is C34H34N2O8. The van der Waals surface area contributed by atoms with E-state index in [9.17, 15) is 0 Å². The minimum absolute atomic E-state index is 0.460. The first kappa shape index (κ1) is 29.6. The number of aromatic nitrogens is 2. The standard InChI is InChI=1S/C34H34N2O8/c1-37-15-17-39-19-21-41-25-7-3-23(4-8-25)33-35-29-13-11-28-27(31(29)43-33)12-14-30-32(28)44-34(36-30)24-5-9-26(10-6-24)42-22-20-40-18-16-38-2/h3-14H,15-22H2,1-2H3. The van der Waals surface area contributed by atoms with E-state index in [2.05, 4.69) is 0 Å². The SMILES string of the molecule is COCCOCCOc1ccc(-c2nc3ccc4c(ccc5nc(-c6ccc(OCCOCCOC)cc6)oc54)c3o2)cc1. The van der Waals surface area contributed by atoms with Crippen molar-refractivity contribution in [3.05, 3.63) is 72.8 Å². The number of ether oxygens (including phenoxy) is 6. The lowest BCUT2D eigenvalue weighted by atomic mass is 10.1. The summed E-state index contributed by atoms with van der Waals surface area (Å²) in [6.07, 6.45) is 0. The molecule has 0 saturated carbocycles. The van der Waals surface area contributed by atoms with E-state index in [0.717, 1.165) is 44.4 Å². The molecule has 10 nitrogen and oxygen atoms in total. The fourth-order valence-corrected chi connectivity index (χ4v) is 4.74. The van der Waals surface area contributed by atoms with Gasteiger partial charge >= 0.3 is 0 Å². The highest BCUT2D eigenvalue weighted by Crippen LogP contribution is 2.36. The van der Waals surface area contributed by atoms with Gasteiger partial charge in [0.25, 0.3) is 0 Å². The highest BCUT2D eigenvalue weighted by Gasteiger charge is 2.16. The summed E-state index contributed by atoms with van der Waals surface area (Å²) in [5, 5.41) is 1.81. The van der Waals surface area contributed by atoms with Gasteiger partial charge in [-0.25, -0.2) is 9.97 Å². The van der Waals surface area contributed by atoms with Crippen LogP contribution in [0.4, 0.5) is 0 Å². The normalized spacial score (nSPS) is 11.6. The second-order valence-electron chi connectivity index (χ2n) is 9.92. The first-order chi connectivity index (χ1) is 21.7. The van der Waals surface area contributed by atoms with Gasteiger partial charge < -0.3 is 37.3 Å². The number of oxazole rings is 2. The Morgan fingerprint density at radius 2 is 0.886 bits per heavy atom. The van der Waals surface area contributed by atoms with Gasteiger partial charge in [0.1, 0.15) is 35.7 Å². The van der Waals surface area contributed by atoms with Crippen LogP contribution in [0.25, 0.3) is 55.9 Å². The zero-order chi connectivity index (χ0) is 30.1. The van der Waals surface area contributed by atoms with E-state index in [4.69, 9.17) is 47.2 Å². The second kappa shape index (κ2) is 14.3. The topological polar surface area (TPSA) is 107 Å². The molecule has 228 valence electrons. The van der Waals surface area contributed by atoms with Gasteiger partial charge in [-0.15, -0.1) is 0 Å². The molecule has 0 spiro atoms. The molecule has 6 rings (SSSR count). The van der Waals surface area contributed by atoms with Crippen LogP contribution in [0, 0.1) is 0 Å². The third kappa shape index (κ3) is 6.84. The molecule has 0 aliphatic carbocycles. The molecule has 0 atom stereocenters. The van der Waals surface area contributed by atoms with E-state index in [1.165, 1.54) is 0 Å². The van der Waals surface area contributed by atoms with E-state index in [1.807, 2.05) is 72.8 Å². The van der Waals surface area contributed by atoms with Crippen molar-refractivity contribution >= 4 is 33.0 Å². The molecule has 0 fully saturated rings. The van der Waals surface area contributed by atoms with Gasteiger partial charge in [0.2, 0.25) is 11.8 Å². The van der Waals surface area contributed by atoms with Crippen molar-refractivity contribution in [3.63, 3.8) is 0 Å². The Kier molecular flexibility index (Phi) is 9.63. The van der Waals surface area contributed by atoms with Crippen LogP contribution in [0.5, 0.6) is 11.5 Å². The van der Waals surface area contributed by atoms with Crippen LogP contribution < -0.4 is 9.47 Å². The maximum atomic E-state index is 6.28. The Morgan fingerprint density at radius 1 is 0.477 bits per heavy atom. The molecule has 2 aromatic heterocycles. The van der Waals surface area contributed by atoms with Crippen LogP contribution in [0.1, 0.15) is 0 Å². The van der Waals surface area contributed by atoms with Crippen LogP contribution in [-0.4, -0.2) is 77.0 Å². The molecule has 0 bridgehead atoms. The summed E-state index contributed by atoms with van der Waals surface area (Å²) in [7, 11) is 3.30. The summed E-state index contributed by atoms with van der Waals surface area (Å²) in [6.45, 7) is 4.14. The molecule has 0 aliphatic heterocycles. The maximum Gasteiger partial charge on any atom is 0.227 e. The molecule has 0 radical (unpaired) electrons. The number of benzene rings is 4. The minimum atomic E-state index is 0.460. The Hall–Kier alpha value is -4.48. The van der Waals surface area contributed by atoms with Crippen molar-refractivity contribution in [2.75, 3.05) is 67.1 Å². The summed E-state index contributed by atoms with van der Waals surface area (Å²) < 4.78 is 44.9. The lowest BCUT2D eigenvalue weighted by Gasteiger charge is -2.07. The van der Waals surface area contributed by atoms with Crippen LogP contribution >= 0.6 is 0 Å². The summed E-state index contributed by atoms with van der Waals surface area (Å²) in [4.78, 5) is 9.47. The fourth-order valence-electron chi connectivity index (χ4n) is 4.74. The average Bonchev–Trinajstić information content (AvgIpc) is 3.70. The Bertz CT molecular complexity index is 1660. The number of hydrogen-bond acceptors (Lipinski definition) is 10. The van der Waals surface area contributed by atoms with Gasteiger partial charge in [0.05, 0.1) is 39.6 Å². The summed E-state index contributed by atoms with van der Waals surface area (Å²) in [5.41, 5.74) is 4.62. The Morgan fingerprint density at radius 3 is 1.30 bits per heavy atom. The first-order valence-corrected chi connectivity index (χ1v) is 14.5. The lowest BCUT2D eigenvalue weighted by Crippen LogP contribution is -2.09. The van der Waals surface area contributed by atoms with Gasteiger partial charge in [-0.1, -0.05) is 0 Å². The molecule has 0 aliphatic rings. The number of rotatable bonds is 16. The average molecular weight is 599 g/mol. The van der Waals surface area contributed by atoms with Crippen LogP contribution in [-0.2, 0) is 18.9 Å². The molecule has 0 amide bonds. The Labute approximate surface area is 254 Å². The first-order valence-electron chi connectivity index (χ1n) is 14.5. The van der Waals surface area contributed by atoms with E-state index in [-0.39, 0.29) is 0 Å². The van der Waals surface area contributed by atoms with Crippen molar-refractivity contribution in [2.24, 2.45) is 0 Å². The van der Waals surface area contributed by atoms with E-state index >= 15 is 0 Å². The molecule has 0 saturated heterocycles. The number of nitrogens with zero attached hydrogens (tertiary/aromatic N) is 2. The van der Waals surface area contributed by atoms with Gasteiger partial charge in [-0.3, -0.25) is 0 Å². The predicted molar refractivity (Wildman–Crippen MR) is 166 cm³/mol. The van der Waals surface area contributed by atoms with Crippen molar-refractivity contribution in [1.29, 1.82) is 0 Å². The van der Waals surface area contributed by atoms with Gasteiger partial charge in [0.15, 0.2) is 11.2 Å². The molecule has 44 heavy (non-hydrogen) atoms. The second-order valence-corrected chi connectivity index (χ2v) is 9.92. The van der Waals surface area contributed by atoms with Crippen LogP contribution in [0.15, 0.2) is 81.6 Å². The van der Waals surface area contributed by atoms with Crippen molar-refractivity contribution in [1.82, 2.24) is 9.97 Å². The van der Waals surface area contributed by atoms with Crippen LogP contribution in [0.3, 0.4) is 0 Å². The Balaban J connectivity index is 1.16. The summed E-state index contributed by atoms with van der Waals surface area (Å²) in [5.74, 6) is 2.56. The van der Waals surface area contributed by atoms with Gasteiger partial charge in [0, 0.05) is 36.1 Å². The van der Waals surface area contributed by atoms with E-state index < -0.39 is 0 Å². The molecule has 2 heterocycles. The number of fused-ring (bicyclic) bond motifs is 5. The van der Waals surface area contributed by atoms with Crippen molar-refractivity contribution in [2.45, 2.75) is 0 Å². The third-order valence-electron chi connectivity index (χ3n) is 6.96. The van der Waals surface area contributed by atoms with Gasteiger partial charge in [-0.05, 0) is 72.8 Å². The number of hydrogen-bond donors (Lipinski definition) is 0. The molecule has 6 aromatic rings. The minimum Gasteiger partial charge on any atom is -0.491 e. The largest absolute Gasteiger partial charge is 0.491 e. The molecular weight excluding hydrogens is 564 g/mol. The summed E-state index contributed by atoms with van der Waals surface area (Å²) in [6, 6.07) is 23.2. The molecule has 0 unspecified atom stereocenters.